The van der Waals surface area contributed by atoms with E-state index in [1.807, 2.05) is 0 Å². The molecule has 130 valence electrons. The van der Waals surface area contributed by atoms with E-state index in [1.54, 1.807) is 0 Å². The summed E-state index contributed by atoms with van der Waals surface area (Å²) in [5.74, 6) is 2.63. The Balaban J connectivity index is 1.92. The zero-order valence-corrected chi connectivity index (χ0v) is 15.6. The predicted octanol–water partition coefficient (Wildman–Crippen LogP) is 5.91. The van der Waals surface area contributed by atoms with Gasteiger partial charge in [0.1, 0.15) is 0 Å². The van der Waals surface area contributed by atoms with Gasteiger partial charge in [0.05, 0.1) is 6.15 Å². The van der Waals surface area contributed by atoms with Crippen LogP contribution in [-0.2, 0) is 6.32 Å². The van der Waals surface area contributed by atoms with E-state index in [4.69, 9.17) is 0 Å². The van der Waals surface area contributed by atoms with E-state index in [-0.39, 0.29) is 0 Å². The molecule has 0 saturated heterocycles. The Kier molecular flexibility index (Phi) is 4.80. The molecule has 0 nitrogen and oxygen atoms in total. The number of benzene rings is 3. The van der Waals surface area contributed by atoms with Gasteiger partial charge in [-0.15, -0.1) is 6.32 Å². The lowest BCUT2D eigenvalue weighted by Gasteiger charge is -2.43. The number of rotatable bonds is 5. The van der Waals surface area contributed by atoms with Crippen molar-refractivity contribution in [1.29, 1.82) is 0 Å². The molecule has 0 saturated carbocycles. The standard InChI is InChI=1S/C25H26B/c1-2-3-18-26(23-15-8-5-9-16-23)19-22-14-10-11-17-24(22)25(20-26)21-12-6-4-7-13-21/h4-17,20H,2-3,18-19H2,1H3/q-1. The van der Waals surface area contributed by atoms with Crippen molar-refractivity contribution in [3.63, 3.8) is 0 Å². The van der Waals surface area contributed by atoms with Crippen molar-refractivity contribution >= 4 is 17.2 Å². The van der Waals surface area contributed by atoms with Crippen molar-refractivity contribution in [2.45, 2.75) is 32.4 Å². The van der Waals surface area contributed by atoms with Gasteiger partial charge < -0.3 is 0 Å². The molecule has 0 fully saturated rings. The monoisotopic (exact) mass is 337 g/mol. The Morgan fingerprint density at radius 3 is 2.15 bits per heavy atom. The molecule has 1 aliphatic heterocycles. The summed E-state index contributed by atoms with van der Waals surface area (Å²) < 4.78 is 0. The maximum absolute atomic E-state index is 2.63. The smallest absolute Gasteiger partial charge is 0.0522 e. The molecule has 3 aromatic rings. The molecule has 1 aliphatic rings. The van der Waals surface area contributed by atoms with Gasteiger partial charge in [0, 0.05) is 0 Å². The fraction of sp³-hybridized carbons (Fsp3) is 0.200. The van der Waals surface area contributed by atoms with E-state index in [0.717, 1.165) is 6.32 Å². The maximum Gasteiger partial charge on any atom is 0.0522 e. The molecule has 0 N–H and O–H groups in total. The molecule has 0 radical (unpaired) electrons. The van der Waals surface area contributed by atoms with Crippen LogP contribution in [0.3, 0.4) is 0 Å². The number of hydrogen-bond acceptors (Lipinski definition) is 0. The molecule has 1 heteroatoms. The van der Waals surface area contributed by atoms with E-state index in [0.29, 0.717) is 0 Å². The third kappa shape index (κ3) is 3.14. The van der Waals surface area contributed by atoms with Crippen LogP contribution in [0.1, 0.15) is 36.5 Å². The second kappa shape index (κ2) is 7.37. The quantitative estimate of drug-likeness (QED) is 0.508. The van der Waals surface area contributed by atoms with Crippen LogP contribution in [-0.4, -0.2) is 6.15 Å². The highest BCUT2D eigenvalue weighted by molar-refractivity contribution is 6.96. The average Bonchev–Trinajstić information content (AvgIpc) is 2.73. The largest absolute Gasteiger partial charge is 0.232 e. The highest BCUT2D eigenvalue weighted by Crippen LogP contribution is 2.37. The van der Waals surface area contributed by atoms with E-state index < -0.39 is 6.15 Å². The number of fused-ring (bicyclic) bond motifs is 1. The summed E-state index contributed by atoms with van der Waals surface area (Å²) in [6.45, 7) is 2.30. The Labute approximate surface area is 157 Å². The Hall–Kier alpha value is -2.54. The minimum Gasteiger partial charge on any atom is -0.232 e. The second-order valence-corrected chi connectivity index (χ2v) is 7.70. The summed E-state index contributed by atoms with van der Waals surface area (Å²) in [6.07, 6.45) is 4.18. The van der Waals surface area contributed by atoms with Crippen LogP contribution >= 0.6 is 0 Å². The van der Waals surface area contributed by atoms with Gasteiger partial charge >= 0.3 is 0 Å². The molecule has 0 aromatic heterocycles. The van der Waals surface area contributed by atoms with Gasteiger partial charge in [0.25, 0.3) is 0 Å². The molecule has 4 rings (SSSR count). The summed E-state index contributed by atoms with van der Waals surface area (Å²) in [6, 6.07) is 31.1. The first-order chi connectivity index (χ1) is 12.8. The van der Waals surface area contributed by atoms with Crippen LogP contribution in [0.4, 0.5) is 0 Å². The molecule has 26 heavy (non-hydrogen) atoms. The summed E-state index contributed by atoms with van der Waals surface area (Å²) >= 11 is 0. The molecular weight excluding hydrogens is 311 g/mol. The lowest BCUT2D eigenvalue weighted by Crippen LogP contribution is -2.50. The van der Waals surface area contributed by atoms with E-state index in [1.165, 1.54) is 46.9 Å². The summed E-state index contributed by atoms with van der Waals surface area (Å²) in [5.41, 5.74) is 7.15. The molecule has 1 atom stereocenters. The zero-order valence-electron chi connectivity index (χ0n) is 15.6. The first-order valence-corrected chi connectivity index (χ1v) is 9.94. The van der Waals surface area contributed by atoms with Crippen molar-refractivity contribution in [3.8, 4) is 0 Å². The lowest BCUT2D eigenvalue weighted by atomic mass is 9.16. The molecule has 0 spiro atoms. The summed E-state index contributed by atoms with van der Waals surface area (Å²) in [4.78, 5) is 0. The molecule has 1 heterocycles. The van der Waals surface area contributed by atoms with Gasteiger partial charge in [-0.2, -0.15) is 6.32 Å². The highest BCUT2D eigenvalue weighted by Gasteiger charge is 2.29. The fourth-order valence-corrected chi connectivity index (χ4v) is 4.66. The van der Waals surface area contributed by atoms with Crippen LogP contribution in [0.2, 0.25) is 6.32 Å². The SMILES string of the molecule is CCCC[B-]1(c2ccccc2)C=C(c2ccccc2)c2ccccc2C1. The summed E-state index contributed by atoms with van der Waals surface area (Å²) in [7, 11) is 0. The van der Waals surface area contributed by atoms with Gasteiger partial charge in [-0.05, 0) is 11.1 Å². The molecule has 0 aliphatic carbocycles. The molecule has 0 amide bonds. The van der Waals surface area contributed by atoms with Crippen molar-refractivity contribution in [2.24, 2.45) is 0 Å². The molecule has 1 unspecified atom stereocenters. The number of unbranched alkanes of at least 4 members (excludes halogenated alkanes) is 1. The summed E-state index contributed by atoms with van der Waals surface area (Å²) in [5, 5.41) is 0. The van der Waals surface area contributed by atoms with E-state index >= 15 is 0 Å². The van der Waals surface area contributed by atoms with Crippen LogP contribution in [0, 0.1) is 0 Å². The molecule has 0 bridgehead atoms. The third-order valence-electron chi connectivity index (χ3n) is 6.00. The molecule has 3 aromatic carbocycles. The first-order valence-electron chi connectivity index (χ1n) is 9.94. The first kappa shape index (κ1) is 16.9. The Morgan fingerprint density at radius 1 is 0.769 bits per heavy atom. The van der Waals surface area contributed by atoms with Crippen LogP contribution in [0.15, 0.2) is 90.9 Å². The Morgan fingerprint density at radius 2 is 1.42 bits per heavy atom. The lowest BCUT2D eigenvalue weighted by molar-refractivity contribution is 0.867. The minimum atomic E-state index is -0.738. The topological polar surface area (TPSA) is 0 Å². The van der Waals surface area contributed by atoms with Crippen LogP contribution < -0.4 is 5.46 Å². The maximum atomic E-state index is 2.63. The van der Waals surface area contributed by atoms with Crippen molar-refractivity contribution in [1.82, 2.24) is 0 Å². The predicted molar refractivity (Wildman–Crippen MR) is 115 cm³/mol. The minimum absolute atomic E-state index is 0.738. The van der Waals surface area contributed by atoms with E-state index in [9.17, 15) is 0 Å². The van der Waals surface area contributed by atoms with Crippen molar-refractivity contribution in [2.75, 3.05) is 0 Å². The third-order valence-corrected chi connectivity index (χ3v) is 6.00. The van der Waals surface area contributed by atoms with E-state index in [2.05, 4.69) is 97.8 Å². The Bertz CT molecular complexity index is 896. The number of hydrogen-bond donors (Lipinski definition) is 0. The normalized spacial score (nSPS) is 18.9. The van der Waals surface area contributed by atoms with Crippen LogP contribution in [0.25, 0.3) is 5.57 Å². The van der Waals surface area contributed by atoms with Crippen molar-refractivity contribution < 1.29 is 0 Å². The second-order valence-electron chi connectivity index (χ2n) is 7.70. The molecular formula is C25H26B-. The van der Waals surface area contributed by atoms with Gasteiger partial charge in [0.2, 0.25) is 0 Å². The average molecular weight is 337 g/mol. The van der Waals surface area contributed by atoms with Crippen molar-refractivity contribution in [3.05, 3.63) is 108 Å². The van der Waals surface area contributed by atoms with Crippen LogP contribution in [0.5, 0.6) is 0 Å². The zero-order chi connectivity index (χ0) is 17.8. The van der Waals surface area contributed by atoms with Gasteiger partial charge in [-0.25, -0.2) is 11.4 Å². The van der Waals surface area contributed by atoms with Gasteiger partial charge in [-0.3, -0.25) is 0 Å². The highest BCUT2D eigenvalue weighted by atomic mass is 14.2. The fourth-order valence-electron chi connectivity index (χ4n) is 4.66. The van der Waals surface area contributed by atoms with Gasteiger partial charge in [-0.1, -0.05) is 116 Å². The van der Waals surface area contributed by atoms with Gasteiger partial charge in [0.15, 0.2) is 0 Å².